The van der Waals surface area contributed by atoms with Crippen molar-refractivity contribution in [3.05, 3.63) is 11.6 Å². The van der Waals surface area contributed by atoms with E-state index >= 15 is 0 Å². The zero-order chi connectivity index (χ0) is 9.97. The maximum Gasteiger partial charge on any atom is 0.228 e. The molecule has 0 bridgehead atoms. The Bertz CT molecular complexity index is 298. The Morgan fingerprint density at radius 2 is 1.43 bits per heavy atom. The summed E-state index contributed by atoms with van der Waals surface area (Å²) in [6.45, 7) is 6.01. The minimum atomic E-state index is 0.818. The summed E-state index contributed by atoms with van der Waals surface area (Å²) in [5.41, 5.74) is 0. The number of hydrogen-bond donors (Lipinski definition) is 0. The number of nitrogens with zero attached hydrogens (tertiary/aromatic N) is 4. The molecule has 0 radical (unpaired) electrons. The first-order chi connectivity index (χ1) is 6.75. The van der Waals surface area contributed by atoms with Crippen LogP contribution in [0.4, 0.5) is 5.95 Å². The second kappa shape index (κ2) is 3.90. The van der Waals surface area contributed by atoms with Crippen molar-refractivity contribution in [2.45, 2.75) is 33.1 Å². The lowest BCUT2D eigenvalue weighted by Crippen LogP contribution is -2.31. The van der Waals surface area contributed by atoms with Crippen LogP contribution in [-0.2, 0) is 0 Å². The molecule has 0 atom stereocenters. The Kier molecular flexibility index (Phi) is 2.61. The first-order valence-corrected chi connectivity index (χ1v) is 5.20. The SMILES string of the molecule is Cc1nc(C)nc(N2CCCCC2)n1. The van der Waals surface area contributed by atoms with Gasteiger partial charge in [0.25, 0.3) is 0 Å². The van der Waals surface area contributed by atoms with Crippen molar-refractivity contribution in [2.24, 2.45) is 0 Å². The number of rotatable bonds is 1. The molecule has 1 aliphatic heterocycles. The molecular weight excluding hydrogens is 176 g/mol. The molecule has 0 amide bonds. The molecule has 2 heterocycles. The Balaban J connectivity index is 2.21. The van der Waals surface area contributed by atoms with Crippen molar-refractivity contribution in [1.82, 2.24) is 15.0 Å². The summed E-state index contributed by atoms with van der Waals surface area (Å²) in [7, 11) is 0. The summed E-state index contributed by atoms with van der Waals surface area (Å²) in [4.78, 5) is 15.2. The van der Waals surface area contributed by atoms with E-state index in [9.17, 15) is 0 Å². The average Bonchev–Trinajstić information content (AvgIpc) is 2.18. The third kappa shape index (κ3) is 2.00. The monoisotopic (exact) mass is 192 g/mol. The molecule has 14 heavy (non-hydrogen) atoms. The van der Waals surface area contributed by atoms with Crippen molar-refractivity contribution in [1.29, 1.82) is 0 Å². The van der Waals surface area contributed by atoms with E-state index in [-0.39, 0.29) is 0 Å². The smallest absolute Gasteiger partial charge is 0.228 e. The molecule has 0 N–H and O–H groups in total. The maximum atomic E-state index is 4.36. The van der Waals surface area contributed by atoms with Gasteiger partial charge in [-0.1, -0.05) is 0 Å². The van der Waals surface area contributed by atoms with Gasteiger partial charge in [-0.3, -0.25) is 0 Å². The quantitative estimate of drug-likeness (QED) is 0.676. The first-order valence-electron chi connectivity index (χ1n) is 5.20. The van der Waals surface area contributed by atoms with Crippen molar-refractivity contribution < 1.29 is 0 Å². The van der Waals surface area contributed by atoms with Gasteiger partial charge in [0.2, 0.25) is 5.95 Å². The topological polar surface area (TPSA) is 41.9 Å². The van der Waals surface area contributed by atoms with E-state index in [1.165, 1.54) is 19.3 Å². The van der Waals surface area contributed by atoms with E-state index in [1.54, 1.807) is 0 Å². The van der Waals surface area contributed by atoms with E-state index in [0.29, 0.717) is 0 Å². The zero-order valence-corrected chi connectivity index (χ0v) is 8.82. The normalized spacial score (nSPS) is 17.1. The predicted molar refractivity (Wildman–Crippen MR) is 55.4 cm³/mol. The largest absolute Gasteiger partial charge is 0.341 e. The van der Waals surface area contributed by atoms with Crippen LogP contribution < -0.4 is 4.90 Å². The summed E-state index contributed by atoms with van der Waals surface area (Å²) in [5, 5.41) is 0. The van der Waals surface area contributed by atoms with E-state index in [2.05, 4.69) is 19.9 Å². The highest BCUT2D eigenvalue weighted by molar-refractivity contribution is 5.29. The van der Waals surface area contributed by atoms with Crippen molar-refractivity contribution >= 4 is 5.95 Å². The van der Waals surface area contributed by atoms with Crippen LogP contribution in [0.2, 0.25) is 0 Å². The molecule has 1 saturated heterocycles. The number of anilines is 1. The third-order valence-corrected chi connectivity index (χ3v) is 2.49. The van der Waals surface area contributed by atoms with Gasteiger partial charge in [0.15, 0.2) is 0 Å². The molecule has 1 aromatic heterocycles. The van der Waals surface area contributed by atoms with Crippen molar-refractivity contribution in [2.75, 3.05) is 18.0 Å². The summed E-state index contributed by atoms with van der Waals surface area (Å²) in [6.07, 6.45) is 3.84. The number of aromatic nitrogens is 3. The number of aryl methyl sites for hydroxylation is 2. The predicted octanol–water partition coefficient (Wildman–Crippen LogP) is 1.48. The van der Waals surface area contributed by atoms with Gasteiger partial charge in [0, 0.05) is 13.1 Å². The van der Waals surface area contributed by atoms with Crippen molar-refractivity contribution in [3.8, 4) is 0 Å². The van der Waals surface area contributed by atoms with Crippen LogP contribution >= 0.6 is 0 Å². The highest BCUT2D eigenvalue weighted by Gasteiger charge is 2.13. The summed E-state index contributed by atoms with van der Waals surface area (Å²) < 4.78 is 0. The molecule has 4 nitrogen and oxygen atoms in total. The second-order valence-electron chi connectivity index (χ2n) is 3.78. The van der Waals surface area contributed by atoms with Gasteiger partial charge in [0.1, 0.15) is 11.6 Å². The van der Waals surface area contributed by atoms with Gasteiger partial charge in [-0.25, -0.2) is 4.98 Å². The van der Waals surface area contributed by atoms with Crippen LogP contribution in [0.3, 0.4) is 0 Å². The van der Waals surface area contributed by atoms with Crippen molar-refractivity contribution in [3.63, 3.8) is 0 Å². The molecule has 4 heteroatoms. The van der Waals surface area contributed by atoms with Crippen LogP contribution in [0.1, 0.15) is 30.9 Å². The second-order valence-corrected chi connectivity index (χ2v) is 3.78. The van der Waals surface area contributed by atoms with E-state index in [4.69, 9.17) is 0 Å². The van der Waals surface area contributed by atoms with Crippen LogP contribution in [0.5, 0.6) is 0 Å². The van der Waals surface area contributed by atoms with Crippen LogP contribution in [0.25, 0.3) is 0 Å². The molecule has 0 aromatic carbocycles. The van der Waals surface area contributed by atoms with Crippen LogP contribution in [0.15, 0.2) is 0 Å². The van der Waals surface area contributed by atoms with Gasteiger partial charge in [-0.2, -0.15) is 9.97 Å². The lowest BCUT2D eigenvalue weighted by atomic mass is 10.1. The highest BCUT2D eigenvalue weighted by Crippen LogP contribution is 2.15. The summed E-state index contributed by atoms with van der Waals surface area (Å²) >= 11 is 0. The fourth-order valence-corrected chi connectivity index (χ4v) is 1.83. The molecule has 1 fully saturated rings. The molecule has 0 spiro atoms. The number of piperidine rings is 1. The summed E-state index contributed by atoms with van der Waals surface area (Å²) in [6, 6.07) is 0. The highest BCUT2D eigenvalue weighted by atomic mass is 15.3. The molecule has 2 rings (SSSR count). The summed E-state index contributed by atoms with van der Waals surface area (Å²) in [5.74, 6) is 2.49. The van der Waals surface area contributed by atoms with E-state index < -0.39 is 0 Å². The van der Waals surface area contributed by atoms with E-state index in [1.807, 2.05) is 13.8 Å². The molecule has 1 aliphatic rings. The van der Waals surface area contributed by atoms with Crippen LogP contribution in [-0.4, -0.2) is 28.0 Å². The minimum absolute atomic E-state index is 0.818. The first kappa shape index (κ1) is 9.37. The maximum absolute atomic E-state index is 4.36. The average molecular weight is 192 g/mol. The molecule has 1 aromatic rings. The Labute approximate surface area is 84.4 Å². The van der Waals surface area contributed by atoms with Gasteiger partial charge in [0.05, 0.1) is 0 Å². The minimum Gasteiger partial charge on any atom is -0.341 e. The molecular formula is C10H16N4. The lowest BCUT2D eigenvalue weighted by molar-refractivity contribution is 0.565. The molecule has 0 unspecified atom stereocenters. The molecule has 76 valence electrons. The standard InChI is InChI=1S/C10H16N4/c1-8-11-9(2)13-10(12-8)14-6-4-3-5-7-14/h3-7H2,1-2H3. The van der Waals surface area contributed by atoms with Crippen LogP contribution in [0, 0.1) is 13.8 Å². The van der Waals surface area contributed by atoms with Gasteiger partial charge < -0.3 is 4.90 Å². The number of hydrogen-bond acceptors (Lipinski definition) is 4. The third-order valence-electron chi connectivity index (χ3n) is 2.49. The Morgan fingerprint density at radius 1 is 0.857 bits per heavy atom. The van der Waals surface area contributed by atoms with Gasteiger partial charge >= 0.3 is 0 Å². The van der Waals surface area contributed by atoms with Gasteiger partial charge in [-0.05, 0) is 33.1 Å². The molecule has 0 saturated carbocycles. The zero-order valence-electron chi connectivity index (χ0n) is 8.82. The Morgan fingerprint density at radius 3 is 2.00 bits per heavy atom. The Hall–Kier alpha value is -1.19. The van der Waals surface area contributed by atoms with E-state index in [0.717, 1.165) is 30.7 Å². The van der Waals surface area contributed by atoms with Gasteiger partial charge in [-0.15, -0.1) is 0 Å². The fraction of sp³-hybridized carbons (Fsp3) is 0.700. The lowest BCUT2D eigenvalue weighted by Gasteiger charge is -2.26. The fourth-order valence-electron chi connectivity index (χ4n) is 1.83. The molecule has 0 aliphatic carbocycles.